The number of pyridine rings is 1. The van der Waals surface area contributed by atoms with Crippen LogP contribution in [0.15, 0.2) is 49.0 Å². The highest BCUT2D eigenvalue weighted by Crippen LogP contribution is 2.53. The van der Waals surface area contributed by atoms with Crippen molar-refractivity contribution in [3.63, 3.8) is 0 Å². The Bertz CT molecular complexity index is 707. The average Bonchev–Trinajstić information content (AvgIpc) is 2.68. The first-order valence-corrected chi connectivity index (χ1v) is 6.87. The van der Waals surface area contributed by atoms with Crippen molar-refractivity contribution in [1.29, 1.82) is 0 Å². The van der Waals surface area contributed by atoms with Gasteiger partial charge in [-0.2, -0.15) is 4.57 Å². The molecule has 1 aromatic carbocycles. The van der Waals surface area contributed by atoms with Gasteiger partial charge in [0.25, 0.3) is 0 Å². The molecule has 0 aliphatic carbocycles. The van der Waals surface area contributed by atoms with Crippen LogP contribution < -0.4 is 4.57 Å². The summed E-state index contributed by atoms with van der Waals surface area (Å²) >= 11 is 0. The fourth-order valence-electron chi connectivity index (χ4n) is 3.25. The number of aromatic nitrogens is 1. The van der Waals surface area contributed by atoms with Crippen molar-refractivity contribution in [2.45, 2.75) is 11.6 Å². The first kappa shape index (κ1) is 10.2. The summed E-state index contributed by atoms with van der Waals surface area (Å²) in [6.07, 6.45) is 0. The summed E-state index contributed by atoms with van der Waals surface area (Å²) < 4.78 is 13.7. The third-order valence-corrected chi connectivity index (χ3v) is 4.76. The molecule has 0 N–H and O–H groups in total. The predicted octanol–water partition coefficient (Wildman–Crippen LogP) is 3.56. The Morgan fingerprint density at radius 2 is 1.94 bits per heavy atom. The molecule has 2 aliphatic heterocycles. The third-order valence-electron chi connectivity index (χ3n) is 3.97. The molecule has 0 saturated heterocycles. The number of hydrogen-bond donors (Lipinski definition) is 0. The summed E-state index contributed by atoms with van der Waals surface area (Å²) in [5.41, 5.74) is 5.81. The molecule has 0 fully saturated rings. The van der Waals surface area contributed by atoms with E-state index in [1.54, 1.807) is 0 Å². The quantitative estimate of drug-likeness (QED) is 0.561. The largest absolute Gasteiger partial charge is 0.274 e. The van der Waals surface area contributed by atoms with Gasteiger partial charge in [0.15, 0.2) is 14.2 Å². The summed E-state index contributed by atoms with van der Waals surface area (Å²) in [6, 6.07) is 14.6. The van der Waals surface area contributed by atoms with Crippen molar-refractivity contribution in [1.82, 2.24) is 0 Å². The van der Waals surface area contributed by atoms with Gasteiger partial charge >= 0.3 is 0 Å². The normalized spacial score (nSPS) is 23.2. The zero-order valence-corrected chi connectivity index (χ0v) is 10.6. The van der Waals surface area contributed by atoms with Crippen LogP contribution in [0, 0.1) is 0 Å². The van der Waals surface area contributed by atoms with Crippen LogP contribution in [0.5, 0.6) is 0 Å². The Hall–Kier alpha value is -1.79. The molecule has 4 rings (SSSR count). The van der Waals surface area contributed by atoms with Crippen molar-refractivity contribution >= 4 is 14.2 Å². The van der Waals surface area contributed by atoms with E-state index in [1.165, 1.54) is 11.1 Å². The van der Waals surface area contributed by atoms with Gasteiger partial charge in [-0.25, -0.2) is 0 Å². The molecule has 0 radical (unpaired) electrons. The fourth-order valence-corrected chi connectivity index (χ4v) is 4.01. The molecule has 0 saturated carbocycles. The molecular formula is C15H11NOP+. The summed E-state index contributed by atoms with van der Waals surface area (Å²) in [7, 11) is 0.171. The second-order valence-electron chi connectivity index (χ2n) is 4.78. The number of allylic oxidation sites excluding steroid dienone is 1. The van der Waals surface area contributed by atoms with Crippen molar-refractivity contribution in [3.8, 4) is 11.3 Å². The van der Waals surface area contributed by atoms with Crippen LogP contribution in [0.25, 0.3) is 17.0 Å². The molecule has 1 aromatic heterocycles. The van der Waals surface area contributed by atoms with Crippen molar-refractivity contribution < 1.29 is 9.13 Å². The number of hydrogen-bond acceptors (Lipinski definition) is 1. The van der Waals surface area contributed by atoms with Gasteiger partial charge in [-0.1, -0.05) is 18.2 Å². The Morgan fingerprint density at radius 3 is 2.78 bits per heavy atom. The molecule has 0 amide bonds. The maximum Gasteiger partial charge on any atom is 0.218 e. The van der Waals surface area contributed by atoms with Crippen LogP contribution in [0.4, 0.5) is 0 Å². The highest BCUT2D eigenvalue weighted by molar-refractivity contribution is 7.24. The molecule has 2 aliphatic rings. The lowest BCUT2D eigenvalue weighted by Crippen LogP contribution is -2.37. The van der Waals surface area contributed by atoms with E-state index < -0.39 is 0 Å². The monoisotopic (exact) mass is 252 g/mol. The second kappa shape index (κ2) is 3.37. The summed E-state index contributed by atoms with van der Waals surface area (Å²) in [6.45, 7) is 4.21. The maximum absolute atomic E-state index is 11.6. The Morgan fingerprint density at radius 1 is 1.11 bits per heavy atom. The molecule has 86 valence electrons. The Kier molecular flexibility index (Phi) is 1.90. The fraction of sp³-hybridized carbons (Fsp3) is 0.133. The molecule has 18 heavy (non-hydrogen) atoms. The SMILES string of the molecule is C=C1C2c3ccccc3-c3cccc([n+]31)C2P=O. The van der Waals surface area contributed by atoms with E-state index in [1.807, 2.05) is 12.1 Å². The standard InChI is InChI=1S/C15H11NOP/c1-9-14-11-6-3-2-5-10(11)12-7-4-8-13(16(9)12)15(14)18-17/h2-8,14-15H,1H2/q+1. The van der Waals surface area contributed by atoms with E-state index in [2.05, 4.69) is 41.5 Å². The summed E-state index contributed by atoms with van der Waals surface area (Å²) in [5, 5.41) is 0. The van der Waals surface area contributed by atoms with Crippen LogP contribution in [-0.4, -0.2) is 0 Å². The number of fused-ring (bicyclic) bond motifs is 4. The number of benzene rings is 1. The number of rotatable bonds is 1. The first-order chi connectivity index (χ1) is 8.83. The van der Waals surface area contributed by atoms with E-state index in [4.69, 9.17) is 0 Å². The van der Waals surface area contributed by atoms with Gasteiger partial charge in [-0.3, -0.25) is 4.57 Å². The molecule has 3 heterocycles. The molecule has 0 spiro atoms. The highest BCUT2D eigenvalue weighted by Gasteiger charge is 2.51. The van der Waals surface area contributed by atoms with E-state index >= 15 is 0 Å². The maximum atomic E-state index is 11.6. The van der Waals surface area contributed by atoms with Crippen molar-refractivity contribution in [2.75, 3.05) is 0 Å². The van der Waals surface area contributed by atoms with Crippen LogP contribution in [0.3, 0.4) is 0 Å². The lowest BCUT2D eigenvalue weighted by Gasteiger charge is -2.17. The van der Waals surface area contributed by atoms with E-state index in [0.29, 0.717) is 0 Å². The lowest BCUT2D eigenvalue weighted by molar-refractivity contribution is -0.571. The topological polar surface area (TPSA) is 20.9 Å². The van der Waals surface area contributed by atoms with Gasteiger partial charge in [-0.15, -0.1) is 0 Å². The summed E-state index contributed by atoms with van der Waals surface area (Å²) in [4.78, 5) is 0. The zero-order valence-electron chi connectivity index (χ0n) is 9.71. The van der Waals surface area contributed by atoms with Gasteiger partial charge in [0.1, 0.15) is 5.66 Å². The Balaban J connectivity index is 2.18. The minimum Gasteiger partial charge on any atom is -0.274 e. The van der Waals surface area contributed by atoms with E-state index in [-0.39, 0.29) is 20.0 Å². The Labute approximate surface area is 107 Å². The smallest absolute Gasteiger partial charge is 0.218 e. The van der Waals surface area contributed by atoms with Crippen LogP contribution >= 0.6 is 8.46 Å². The molecular weight excluding hydrogens is 241 g/mol. The highest BCUT2D eigenvalue weighted by atomic mass is 31.1. The molecule has 2 unspecified atom stereocenters. The van der Waals surface area contributed by atoms with Crippen LogP contribution in [0.2, 0.25) is 0 Å². The van der Waals surface area contributed by atoms with E-state index in [9.17, 15) is 4.57 Å². The number of nitrogens with zero attached hydrogens (tertiary/aromatic N) is 1. The van der Waals surface area contributed by atoms with Gasteiger partial charge in [-0.05, 0) is 24.3 Å². The summed E-state index contributed by atoms with van der Waals surface area (Å²) in [5.74, 6) is 0.148. The predicted molar refractivity (Wildman–Crippen MR) is 70.5 cm³/mol. The molecule has 2 atom stereocenters. The van der Waals surface area contributed by atoms with Crippen LogP contribution in [0.1, 0.15) is 22.8 Å². The van der Waals surface area contributed by atoms with Crippen molar-refractivity contribution in [3.05, 3.63) is 60.3 Å². The molecule has 2 bridgehead atoms. The van der Waals surface area contributed by atoms with Crippen LogP contribution in [-0.2, 0) is 4.57 Å². The molecule has 2 nitrogen and oxygen atoms in total. The van der Waals surface area contributed by atoms with Gasteiger partial charge in [0.05, 0.1) is 11.5 Å². The minimum absolute atomic E-state index is 0.00102. The minimum atomic E-state index is 0.00102. The molecule has 2 aromatic rings. The second-order valence-corrected chi connectivity index (χ2v) is 5.54. The third kappa shape index (κ3) is 1.02. The van der Waals surface area contributed by atoms with Gasteiger partial charge < -0.3 is 0 Å². The van der Waals surface area contributed by atoms with Crippen molar-refractivity contribution in [2.24, 2.45) is 0 Å². The first-order valence-electron chi connectivity index (χ1n) is 5.99. The van der Waals surface area contributed by atoms with Gasteiger partial charge in [0.2, 0.25) is 11.4 Å². The zero-order chi connectivity index (χ0) is 12.3. The van der Waals surface area contributed by atoms with E-state index in [0.717, 1.165) is 17.1 Å². The average molecular weight is 252 g/mol. The van der Waals surface area contributed by atoms with Gasteiger partial charge in [0, 0.05) is 12.1 Å². The molecule has 3 heteroatoms. The lowest BCUT2D eigenvalue weighted by atomic mass is 9.88.